The molecule has 2 aromatic carbocycles. The van der Waals surface area contributed by atoms with Gasteiger partial charge in [-0.2, -0.15) is 5.10 Å². The van der Waals surface area contributed by atoms with Crippen molar-refractivity contribution in [1.29, 1.82) is 0 Å². The minimum absolute atomic E-state index is 0.0709. The minimum atomic E-state index is -0.809. The molecule has 9 nitrogen and oxygen atoms in total. The van der Waals surface area contributed by atoms with Crippen LogP contribution >= 0.6 is 11.6 Å². The van der Waals surface area contributed by atoms with Crippen LogP contribution in [0.4, 0.5) is 0 Å². The molecule has 10 heteroatoms. The van der Waals surface area contributed by atoms with E-state index < -0.39 is 17.9 Å². The Bertz CT molecular complexity index is 1070. The number of nitrogens with zero attached hydrogens (tertiary/aromatic N) is 2. The fourth-order valence-corrected chi connectivity index (χ4v) is 3.59. The van der Waals surface area contributed by atoms with E-state index >= 15 is 0 Å². The van der Waals surface area contributed by atoms with Gasteiger partial charge in [-0.15, -0.1) is 0 Å². The van der Waals surface area contributed by atoms with E-state index in [2.05, 4.69) is 15.8 Å². The fraction of sp³-hybridized carbons (Fsp3) is 0.360. The molecule has 35 heavy (non-hydrogen) atoms. The van der Waals surface area contributed by atoms with E-state index in [1.807, 2.05) is 13.8 Å². The fourth-order valence-electron chi connectivity index (χ4n) is 3.37. The lowest BCUT2D eigenvalue weighted by Gasteiger charge is -2.26. The standard InChI is InChI=1S/C25H29ClN4O5/c1-17(2)23(28-24(32)20-8-3-4-9-21(20)26)25(33)29-27-15-18-6-5-7-19(14-18)35-16-22(31)30-10-12-34-13-11-30/h3-9,14-15,17,23H,10-13,16H2,1-2H3,(H,28,32)(H,29,33). The molecule has 1 heterocycles. The third-order valence-corrected chi connectivity index (χ3v) is 5.66. The molecule has 0 spiro atoms. The zero-order valence-corrected chi connectivity index (χ0v) is 20.5. The van der Waals surface area contributed by atoms with Gasteiger partial charge in [0.15, 0.2) is 6.61 Å². The number of rotatable bonds is 9. The molecule has 1 fully saturated rings. The first-order chi connectivity index (χ1) is 16.8. The van der Waals surface area contributed by atoms with E-state index in [0.717, 1.165) is 0 Å². The number of hydrogen-bond acceptors (Lipinski definition) is 6. The van der Waals surface area contributed by atoms with E-state index in [9.17, 15) is 14.4 Å². The molecule has 0 aliphatic carbocycles. The summed E-state index contributed by atoms with van der Waals surface area (Å²) in [4.78, 5) is 39.2. The lowest BCUT2D eigenvalue weighted by molar-refractivity contribution is -0.137. The Kier molecular flexibility index (Phi) is 9.63. The van der Waals surface area contributed by atoms with Crippen molar-refractivity contribution < 1.29 is 23.9 Å². The number of carbonyl (C=O) groups excluding carboxylic acids is 3. The summed E-state index contributed by atoms with van der Waals surface area (Å²) in [5.74, 6) is -0.672. The van der Waals surface area contributed by atoms with Crippen molar-refractivity contribution in [3.8, 4) is 5.75 Å². The molecule has 3 rings (SSSR count). The third-order valence-electron chi connectivity index (χ3n) is 5.33. The summed E-state index contributed by atoms with van der Waals surface area (Å²) in [6.45, 7) is 5.75. The maximum absolute atomic E-state index is 12.7. The maximum atomic E-state index is 12.7. The van der Waals surface area contributed by atoms with E-state index in [4.69, 9.17) is 21.1 Å². The van der Waals surface area contributed by atoms with Gasteiger partial charge in [0, 0.05) is 13.1 Å². The molecule has 186 valence electrons. The van der Waals surface area contributed by atoms with Gasteiger partial charge in [-0.05, 0) is 35.7 Å². The minimum Gasteiger partial charge on any atom is -0.484 e. The van der Waals surface area contributed by atoms with Crippen LogP contribution in [0.15, 0.2) is 53.6 Å². The molecule has 1 atom stereocenters. The van der Waals surface area contributed by atoms with E-state index in [0.29, 0.717) is 48.2 Å². The highest BCUT2D eigenvalue weighted by atomic mass is 35.5. The van der Waals surface area contributed by atoms with Gasteiger partial charge in [0.1, 0.15) is 11.8 Å². The topological polar surface area (TPSA) is 109 Å². The average Bonchev–Trinajstić information content (AvgIpc) is 2.86. The van der Waals surface area contributed by atoms with Gasteiger partial charge in [-0.1, -0.05) is 49.7 Å². The van der Waals surface area contributed by atoms with Crippen molar-refractivity contribution in [2.45, 2.75) is 19.9 Å². The molecule has 1 aliphatic heterocycles. The largest absolute Gasteiger partial charge is 0.484 e. The quantitative estimate of drug-likeness (QED) is 0.406. The number of amides is 3. The van der Waals surface area contributed by atoms with Crippen LogP contribution in [0.1, 0.15) is 29.8 Å². The second kappa shape index (κ2) is 12.9. The van der Waals surface area contributed by atoms with Crippen LogP contribution in [0.3, 0.4) is 0 Å². The predicted octanol–water partition coefficient (Wildman–Crippen LogP) is 2.48. The number of ether oxygens (including phenoxy) is 2. The SMILES string of the molecule is CC(C)C(NC(=O)c1ccccc1Cl)C(=O)NN=Cc1cccc(OCC(=O)N2CCOCC2)c1. The Labute approximate surface area is 209 Å². The Balaban J connectivity index is 1.54. The summed E-state index contributed by atoms with van der Waals surface area (Å²) in [6, 6.07) is 12.8. The Morgan fingerprint density at radius 3 is 2.60 bits per heavy atom. The van der Waals surface area contributed by atoms with Gasteiger partial charge in [0.2, 0.25) is 0 Å². The van der Waals surface area contributed by atoms with Gasteiger partial charge in [0.25, 0.3) is 17.7 Å². The third kappa shape index (κ3) is 7.80. The molecule has 2 N–H and O–H groups in total. The summed E-state index contributed by atoms with van der Waals surface area (Å²) in [5.41, 5.74) is 3.43. The number of carbonyl (C=O) groups is 3. The number of hydrogen-bond donors (Lipinski definition) is 2. The normalized spacial score (nSPS) is 14.6. The molecule has 0 aromatic heterocycles. The van der Waals surface area contributed by atoms with Crippen molar-refractivity contribution in [1.82, 2.24) is 15.6 Å². The van der Waals surface area contributed by atoms with Crippen molar-refractivity contribution in [2.75, 3.05) is 32.9 Å². The van der Waals surface area contributed by atoms with E-state index in [1.165, 1.54) is 6.21 Å². The highest BCUT2D eigenvalue weighted by Crippen LogP contribution is 2.16. The van der Waals surface area contributed by atoms with Crippen molar-refractivity contribution >= 4 is 35.5 Å². The number of benzene rings is 2. The number of morpholine rings is 1. The van der Waals surface area contributed by atoms with Crippen LogP contribution in [-0.2, 0) is 14.3 Å². The summed E-state index contributed by atoms with van der Waals surface area (Å²) >= 11 is 6.08. The lowest BCUT2D eigenvalue weighted by Crippen LogP contribution is -2.48. The van der Waals surface area contributed by atoms with Gasteiger partial charge < -0.3 is 19.7 Å². The monoisotopic (exact) mass is 500 g/mol. The van der Waals surface area contributed by atoms with E-state index in [-0.39, 0.29) is 18.4 Å². The van der Waals surface area contributed by atoms with Crippen molar-refractivity contribution in [3.05, 3.63) is 64.7 Å². The van der Waals surface area contributed by atoms with Crippen LogP contribution in [-0.4, -0.2) is 67.8 Å². The summed E-state index contributed by atoms with van der Waals surface area (Å²) < 4.78 is 10.9. The summed E-state index contributed by atoms with van der Waals surface area (Å²) in [7, 11) is 0. The molecular weight excluding hydrogens is 472 g/mol. The molecule has 2 aromatic rings. The number of halogens is 1. The van der Waals surface area contributed by atoms with Crippen LogP contribution in [0, 0.1) is 5.92 Å². The lowest BCUT2D eigenvalue weighted by atomic mass is 10.0. The van der Waals surface area contributed by atoms with E-state index in [1.54, 1.807) is 53.4 Å². The first-order valence-electron chi connectivity index (χ1n) is 11.3. The number of nitrogens with one attached hydrogen (secondary N) is 2. The smallest absolute Gasteiger partial charge is 0.262 e. The van der Waals surface area contributed by atoms with Gasteiger partial charge in [0.05, 0.1) is 30.0 Å². The Morgan fingerprint density at radius 1 is 1.14 bits per heavy atom. The van der Waals surface area contributed by atoms with Gasteiger partial charge in [-0.3, -0.25) is 14.4 Å². The van der Waals surface area contributed by atoms with Gasteiger partial charge >= 0.3 is 0 Å². The zero-order chi connectivity index (χ0) is 25.2. The Morgan fingerprint density at radius 2 is 1.89 bits per heavy atom. The van der Waals surface area contributed by atoms with Crippen molar-refractivity contribution in [2.24, 2.45) is 11.0 Å². The van der Waals surface area contributed by atoms with Gasteiger partial charge in [-0.25, -0.2) is 5.43 Å². The van der Waals surface area contributed by atoms with Crippen LogP contribution in [0.2, 0.25) is 5.02 Å². The maximum Gasteiger partial charge on any atom is 0.262 e. The second-order valence-corrected chi connectivity index (χ2v) is 8.67. The Hall–Kier alpha value is -3.43. The molecule has 0 radical (unpaired) electrons. The molecule has 1 aliphatic rings. The molecule has 1 saturated heterocycles. The van der Waals surface area contributed by atoms with Crippen LogP contribution in [0.5, 0.6) is 5.75 Å². The second-order valence-electron chi connectivity index (χ2n) is 8.26. The summed E-state index contributed by atoms with van der Waals surface area (Å²) in [5, 5.41) is 7.02. The molecule has 0 saturated carbocycles. The highest BCUT2D eigenvalue weighted by molar-refractivity contribution is 6.33. The van der Waals surface area contributed by atoms with Crippen LogP contribution < -0.4 is 15.5 Å². The highest BCUT2D eigenvalue weighted by Gasteiger charge is 2.25. The van der Waals surface area contributed by atoms with Crippen molar-refractivity contribution in [3.63, 3.8) is 0 Å². The number of hydrazone groups is 1. The first-order valence-corrected chi connectivity index (χ1v) is 11.7. The molecule has 1 unspecified atom stereocenters. The first kappa shape index (κ1) is 26.2. The molecule has 0 bridgehead atoms. The zero-order valence-electron chi connectivity index (χ0n) is 19.7. The average molecular weight is 501 g/mol. The molecule has 3 amide bonds. The predicted molar refractivity (Wildman–Crippen MR) is 133 cm³/mol. The summed E-state index contributed by atoms with van der Waals surface area (Å²) in [6.07, 6.45) is 1.46. The molecular formula is C25H29ClN4O5. The van der Waals surface area contributed by atoms with Crippen LogP contribution in [0.25, 0.3) is 0 Å².